The number of phenolic OH excluding ortho intramolecular Hbond substituents is 1. The van der Waals surface area contributed by atoms with Crippen LogP contribution < -0.4 is 10.6 Å². The van der Waals surface area contributed by atoms with Crippen molar-refractivity contribution in [2.45, 2.75) is 18.4 Å². The molecule has 1 aliphatic heterocycles. The Kier molecular flexibility index (Phi) is 3.64. The van der Waals surface area contributed by atoms with Crippen molar-refractivity contribution in [2.24, 2.45) is 0 Å². The Bertz CT molecular complexity index is 927. The van der Waals surface area contributed by atoms with Gasteiger partial charge in [0.2, 0.25) is 5.91 Å². The predicted octanol–water partition coefficient (Wildman–Crippen LogP) is 1.72. The number of urea groups is 1. The molecule has 2 aromatic rings. The normalized spacial score (nSPS) is 21.0. The summed E-state index contributed by atoms with van der Waals surface area (Å²) in [5, 5.41) is 15.0. The fourth-order valence-electron chi connectivity index (χ4n) is 3.65. The van der Waals surface area contributed by atoms with Gasteiger partial charge in [-0.3, -0.25) is 14.5 Å². The fourth-order valence-corrected chi connectivity index (χ4v) is 3.65. The third-order valence-corrected chi connectivity index (χ3v) is 4.90. The van der Waals surface area contributed by atoms with E-state index in [1.165, 1.54) is 12.1 Å². The summed E-state index contributed by atoms with van der Waals surface area (Å²) in [7, 11) is 0. The molecular formula is C19H17N3O4. The Balaban J connectivity index is 1.54. The Morgan fingerprint density at radius 1 is 1.15 bits per heavy atom. The Morgan fingerprint density at radius 2 is 1.88 bits per heavy atom. The van der Waals surface area contributed by atoms with Gasteiger partial charge in [0, 0.05) is 0 Å². The molecule has 1 unspecified atom stereocenters. The highest BCUT2D eigenvalue weighted by molar-refractivity contribution is 6.11. The van der Waals surface area contributed by atoms with Crippen molar-refractivity contribution in [1.29, 1.82) is 0 Å². The van der Waals surface area contributed by atoms with E-state index in [2.05, 4.69) is 10.6 Å². The zero-order valence-electron chi connectivity index (χ0n) is 13.9. The third-order valence-electron chi connectivity index (χ3n) is 4.90. The van der Waals surface area contributed by atoms with Crippen LogP contribution in [0.5, 0.6) is 5.75 Å². The minimum atomic E-state index is -1.08. The standard InChI is InChI=1S/C19H17N3O4/c23-15-8-4-3-7-14(15)20-16(24)11-22-17(25)19(21-18(22)26)10-9-12-5-1-2-6-13(12)19/h1-8,23H,9-11H2,(H,20,24)(H,21,26). The topological polar surface area (TPSA) is 98.7 Å². The van der Waals surface area contributed by atoms with E-state index in [1.54, 1.807) is 12.1 Å². The van der Waals surface area contributed by atoms with Crippen molar-refractivity contribution < 1.29 is 19.5 Å². The Morgan fingerprint density at radius 3 is 2.69 bits per heavy atom. The first-order chi connectivity index (χ1) is 12.5. The fraction of sp³-hybridized carbons (Fsp3) is 0.211. The molecule has 7 heteroatoms. The Labute approximate surface area is 149 Å². The highest BCUT2D eigenvalue weighted by Crippen LogP contribution is 2.41. The highest BCUT2D eigenvalue weighted by atomic mass is 16.3. The number of aromatic hydroxyl groups is 1. The number of carbonyl (C=O) groups excluding carboxylic acids is 3. The van der Waals surface area contributed by atoms with Crippen molar-refractivity contribution in [3.8, 4) is 5.75 Å². The summed E-state index contributed by atoms with van der Waals surface area (Å²) in [6.45, 7) is -0.414. The van der Waals surface area contributed by atoms with Crippen molar-refractivity contribution in [3.05, 3.63) is 59.7 Å². The summed E-state index contributed by atoms with van der Waals surface area (Å²) in [5.74, 6) is -1.06. The van der Waals surface area contributed by atoms with E-state index in [4.69, 9.17) is 0 Å². The van der Waals surface area contributed by atoms with Crippen molar-refractivity contribution >= 4 is 23.5 Å². The minimum Gasteiger partial charge on any atom is -0.506 e. The molecule has 26 heavy (non-hydrogen) atoms. The summed E-state index contributed by atoms with van der Waals surface area (Å²) in [5.41, 5.74) is 0.970. The maximum absolute atomic E-state index is 13.0. The number of imide groups is 1. The van der Waals surface area contributed by atoms with Crippen LogP contribution in [0.1, 0.15) is 17.5 Å². The van der Waals surface area contributed by atoms with E-state index in [1.807, 2.05) is 24.3 Å². The summed E-state index contributed by atoms with van der Waals surface area (Å²) in [6, 6.07) is 13.2. The molecule has 0 aromatic heterocycles. The van der Waals surface area contributed by atoms with Crippen LogP contribution in [0.15, 0.2) is 48.5 Å². The lowest BCUT2D eigenvalue weighted by molar-refractivity contribution is -0.134. The van der Waals surface area contributed by atoms with Crippen LogP contribution in [0.2, 0.25) is 0 Å². The van der Waals surface area contributed by atoms with Gasteiger partial charge in [-0.2, -0.15) is 0 Å². The number of para-hydroxylation sites is 2. The van der Waals surface area contributed by atoms with E-state index in [9.17, 15) is 19.5 Å². The first-order valence-corrected chi connectivity index (χ1v) is 8.31. The lowest BCUT2D eigenvalue weighted by Gasteiger charge is -2.22. The van der Waals surface area contributed by atoms with Crippen LogP contribution in [0, 0.1) is 0 Å². The van der Waals surface area contributed by atoms with Gasteiger partial charge < -0.3 is 15.7 Å². The lowest BCUT2D eigenvalue weighted by Crippen LogP contribution is -2.43. The molecule has 1 atom stereocenters. The third kappa shape index (κ3) is 2.40. The first kappa shape index (κ1) is 16.1. The van der Waals surface area contributed by atoms with Crippen molar-refractivity contribution in [2.75, 3.05) is 11.9 Å². The largest absolute Gasteiger partial charge is 0.506 e. The molecule has 1 fully saturated rings. The molecule has 2 aliphatic rings. The molecule has 4 amide bonds. The number of rotatable bonds is 3. The molecule has 4 rings (SSSR count). The van der Waals surface area contributed by atoms with Gasteiger partial charge in [0.25, 0.3) is 5.91 Å². The number of carbonyl (C=O) groups is 3. The van der Waals surface area contributed by atoms with Gasteiger partial charge in [0.1, 0.15) is 17.8 Å². The van der Waals surface area contributed by atoms with Gasteiger partial charge >= 0.3 is 6.03 Å². The number of phenols is 1. The smallest absolute Gasteiger partial charge is 0.325 e. The van der Waals surface area contributed by atoms with Crippen LogP contribution in [0.4, 0.5) is 10.5 Å². The van der Waals surface area contributed by atoms with Crippen LogP contribution >= 0.6 is 0 Å². The van der Waals surface area contributed by atoms with Gasteiger partial charge in [-0.1, -0.05) is 36.4 Å². The number of amides is 4. The molecule has 2 aromatic carbocycles. The second-order valence-corrected chi connectivity index (χ2v) is 6.45. The molecule has 132 valence electrons. The second kappa shape index (κ2) is 5.87. The number of fused-ring (bicyclic) bond motifs is 2. The van der Waals surface area contributed by atoms with Crippen LogP contribution in [-0.4, -0.2) is 34.4 Å². The number of hydrogen-bond acceptors (Lipinski definition) is 4. The van der Waals surface area contributed by atoms with Crippen molar-refractivity contribution in [1.82, 2.24) is 10.2 Å². The van der Waals surface area contributed by atoms with Crippen LogP contribution in [0.25, 0.3) is 0 Å². The zero-order chi connectivity index (χ0) is 18.3. The lowest BCUT2D eigenvalue weighted by atomic mass is 9.92. The number of hydrogen-bond donors (Lipinski definition) is 3. The van der Waals surface area contributed by atoms with Gasteiger partial charge in [-0.15, -0.1) is 0 Å². The summed E-state index contributed by atoms with van der Waals surface area (Å²) >= 11 is 0. The van der Waals surface area contributed by atoms with Gasteiger partial charge in [0.05, 0.1) is 5.69 Å². The van der Waals surface area contributed by atoms with E-state index in [0.717, 1.165) is 16.0 Å². The zero-order valence-corrected chi connectivity index (χ0v) is 13.9. The van der Waals surface area contributed by atoms with Crippen LogP contribution in [0.3, 0.4) is 0 Å². The van der Waals surface area contributed by atoms with Crippen LogP contribution in [-0.2, 0) is 21.5 Å². The first-order valence-electron chi connectivity index (χ1n) is 8.31. The molecule has 1 saturated heterocycles. The van der Waals surface area contributed by atoms with E-state index in [0.29, 0.717) is 12.8 Å². The van der Waals surface area contributed by atoms with E-state index < -0.39 is 29.9 Å². The summed E-state index contributed by atoms with van der Waals surface area (Å²) < 4.78 is 0. The maximum Gasteiger partial charge on any atom is 0.325 e. The molecule has 1 aliphatic carbocycles. The number of nitrogens with zero attached hydrogens (tertiary/aromatic N) is 1. The SMILES string of the molecule is O=C(CN1C(=O)NC2(CCc3ccccc32)C1=O)Nc1ccccc1O. The predicted molar refractivity (Wildman–Crippen MR) is 93.4 cm³/mol. The molecule has 1 spiro atoms. The summed E-state index contributed by atoms with van der Waals surface area (Å²) in [6.07, 6.45) is 1.18. The quantitative estimate of drug-likeness (QED) is 0.579. The monoisotopic (exact) mass is 351 g/mol. The van der Waals surface area contributed by atoms with Gasteiger partial charge in [-0.25, -0.2) is 4.79 Å². The van der Waals surface area contributed by atoms with E-state index in [-0.39, 0.29) is 11.4 Å². The average molecular weight is 351 g/mol. The molecule has 0 radical (unpaired) electrons. The second-order valence-electron chi connectivity index (χ2n) is 6.45. The Hall–Kier alpha value is -3.35. The molecule has 1 heterocycles. The maximum atomic E-state index is 13.0. The van der Waals surface area contributed by atoms with E-state index >= 15 is 0 Å². The molecule has 3 N–H and O–H groups in total. The number of benzene rings is 2. The van der Waals surface area contributed by atoms with Gasteiger partial charge in [-0.05, 0) is 36.1 Å². The summed E-state index contributed by atoms with van der Waals surface area (Å²) in [4.78, 5) is 38.5. The molecule has 7 nitrogen and oxygen atoms in total. The highest BCUT2D eigenvalue weighted by Gasteiger charge is 2.55. The van der Waals surface area contributed by atoms with Gasteiger partial charge in [0.15, 0.2) is 0 Å². The average Bonchev–Trinajstić information content (AvgIpc) is 3.11. The molecule has 0 saturated carbocycles. The molecule has 0 bridgehead atoms. The number of anilines is 1. The minimum absolute atomic E-state index is 0.0840. The number of nitrogens with one attached hydrogen (secondary N) is 2. The number of aryl methyl sites for hydroxylation is 1. The van der Waals surface area contributed by atoms with Crippen molar-refractivity contribution in [3.63, 3.8) is 0 Å². The molecular weight excluding hydrogens is 334 g/mol.